The molecule has 0 saturated heterocycles. The van der Waals surface area contributed by atoms with E-state index < -0.39 is 16.4 Å². The number of hydrogen-bond acceptors (Lipinski definition) is 4. The third kappa shape index (κ3) is 3.05. The van der Waals surface area contributed by atoms with E-state index in [0.717, 1.165) is 18.6 Å². The third-order valence-corrected chi connectivity index (χ3v) is 3.26. The maximum Gasteiger partial charge on any atom is 0.295 e. The van der Waals surface area contributed by atoms with Gasteiger partial charge in [0.05, 0.1) is 11.0 Å². The normalized spacial score (nSPS) is 22.2. The highest BCUT2D eigenvalue weighted by atomic mass is 19.1. The average Bonchev–Trinajstić information content (AvgIpc) is 2.78. The smallest absolute Gasteiger partial charge is 0.295 e. The van der Waals surface area contributed by atoms with Crippen molar-refractivity contribution in [3.8, 4) is 0 Å². The van der Waals surface area contributed by atoms with E-state index in [0.29, 0.717) is 12.8 Å². The molecule has 0 aromatic heterocycles. The Bertz CT molecular complexity index is 521. The highest BCUT2D eigenvalue weighted by molar-refractivity contribution is 5.94. The van der Waals surface area contributed by atoms with Gasteiger partial charge in [-0.15, -0.1) is 0 Å². The SMILES string of the molecule is NC1CCC(C(=O)Nc2ccc(F)cc2[N+](=O)[O-])C1. The zero-order valence-electron chi connectivity index (χ0n) is 10.1. The lowest BCUT2D eigenvalue weighted by molar-refractivity contribution is -0.384. The number of nitrogens with zero attached hydrogens (tertiary/aromatic N) is 1. The molecule has 2 rings (SSSR count). The van der Waals surface area contributed by atoms with E-state index in [2.05, 4.69) is 5.32 Å². The fourth-order valence-corrected chi connectivity index (χ4v) is 2.25. The Morgan fingerprint density at radius 1 is 1.47 bits per heavy atom. The van der Waals surface area contributed by atoms with Gasteiger partial charge >= 0.3 is 0 Å². The first-order valence-corrected chi connectivity index (χ1v) is 5.97. The molecule has 1 amide bonds. The molecule has 1 aromatic rings. The molecule has 102 valence electrons. The van der Waals surface area contributed by atoms with Crippen molar-refractivity contribution in [1.82, 2.24) is 0 Å². The topological polar surface area (TPSA) is 98.3 Å². The molecule has 3 N–H and O–H groups in total. The summed E-state index contributed by atoms with van der Waals surface area (Å²) < 4.78 is 13.0. The summed E-state index contributed by atoms with van der Waals surface area (Å²) in [5.41, 5.74) is 5.28. The Labute approximate surface area is 108 Å². The number of carbonyl (C=O) groups excluding carboxylic acids is 1. The maximum atomic E-state index is 13.0. The van der Waals surface area contributed by atoms with E-state index in [1.54, 1.807) is 0 Å². The summed E-state index contributed by atoms with van der Waals surface area (Å²) in [6.07, 6.45) is 2.01. The molecular weight excluding hydrogens is 253 g/mol. The van der Waals surface area contributed by atoms with Crippen LogP contribution in [0.15, 0.2) is 18.2 Å². The fourth-order valence-electron chi connectivity index (χ4n) is 2.25. The van der Waals surface area contributed by atoms with E-state index in [1.807, 2.05) is 0 Å². The molecule has 1 aromatic carbocycles. The Hall–Kier alpha value is -2.02. The Morgan fingerprint density at radius 2 is 2.21 bits per heavy atom. The van der Waals surface area contributed by atoms with Crippen molar-refractivity contribution in [1.29, 1.82) is 0 Å². The maximum absolute atomic E-state index is 13.0. The van der Waals surface area contributed by atoms with Gasteiger partial charge < -0.3 is 11.1 Å². The number of halogens is 1. The van der Waals surface area contributed by atoms with Crippen molar-refractivity contribution in [3.05, 3.63) is 34.1 Å². The summed E-state index contributed by atoms with van der Waals surface area (Å²) in [6.45, 7) is 0. The van der Waals surface area contributed by atoms with Gasteiger partial charge in [0.1, 0.15) is 11.5 Å². The molecule has 0 heterocycles. The number of nitro benzene ring substituents is 1. The van der Waals surface area contributed by atoms with Crippen LogP contribution in [0.2, 0.25) is 0 Å². The number of carbonyl (C=O) groups is 1. The largest absolute Gasteiger partial charge is 0.328 e. The zero-order chi connectivity index (χ0) is 14.0. The van der Waals surface area contributed by atoms with Crippen molar-refractivity contribution < 1.29 is 14.1 Å². The summed E-state index contributed by atoms with van der Waals surface area (Å²) in [6, 6.07) is 3.05. The van der Waals surface area contributed by atoms with Crippen LogP contribution in [0.1, 0.15) is 19.3 Å². The first-order valence-electron chi connectivity index (χ1n) is 5.97. The van der Waals surface area contributed by atoms with Crippen molar-refractivity contribution in [2.75, 3.05) is 5.32 Å². The molecule has 19 heavy (non-hydrogen) atoms. The number of nitrogens with one attached hydrogen (secondary N) is 1. The van der Waals surface area contributed by atoms with Gasteiger partial charge in [0.25, 0.3) is 5.69 Å². The molecule has 1 aliphatic rings. The fraction of sp³-hybridized carbons (Fsp3) is 0.417. The van der Waals surface area contributed by atoms with Crippen molar-refractivity contribution in [2.24, 2.45) is 11.7 Å². The Balaban J connectivity index is 2.14. The third-order valence-electron chi connectivity index (χ3n) is 3.26. The van der Waals surface area contributed by atoms with E-state index in [1.165, 1.54) is 6.07 Å². The molecule has 0 bridgehead atoms. The summed E-state index contributed by atoms with van der Waals surface area (Å²) in [5, 5.41) is 13.3. The van der Waals surface area contributed by atoms with Gasteiger partial charge in [0.2, 0.25) is 5.91 Å². The minimum atomic E-state index is -0.723. The minimum absolute atomic E-state index is 0.000969. The van der Waals surface area contributed by atoms with Gasteiger partial charge in [-0.05, 0) is 31.4 Å². The number of benzene rings is 1. The van der Waals surface area contributed by atoms with Crippen LogP contribution in [-0.2, 0) is 4.79 Å². The summed E-state index contributed by atoms with van der Waals surface area (Å²) in [4.78, 5) is 22.0. The molecular formula is C12H14FN3O3. The van der Waals surface area contributed by atoms with Crippen LogP contribution in [0, 0.1) is 21.8 Å². The van der Waals surface area contributed by atoms with Crippen LogP contribution in [0.4, 0.5) is 15.8 Å². The highest BCUT2D eigenvalue weighted by Gasteiger charge is 2.29. The Kier molecular flexibility index (Phi) is 3.75. The summed E-state index contributed by atoms with van der Waals surface area (Å²) in [5.74, 6) is -1.25. The van der Waals surface area contributed by atoms with Gasteiger partial charge in [-0.25, -0.2) is 4.39 Å². The van der Waals surface area contributed by atoms with Crippen LogP contribution >= 0.6 is 0 Å². The molecule has 2 atom stereocenters. The highest BCUT2D eigenvalue weighted by Crippen LogP contribution is 2.29. The van der Waals surface area contributed by atoms with Crippen molar-refractivity contribution in [3.63, 3.8) is 0 Å². The molecule has 2 unspecified atom stereocenters. The molecule has 1 saturated carbocycles. The molecule has 0 spiro atoms. The molecule has 1 aliphatic carbocycles. The van der Waals surface area contributed by atoms with Crippen LogP contribution in [0.25, 0.3) is 0 Å². The second kappa shape index (κ2) is 5.31. The van der Waals surface area contributed by atoms with E-state index in [9.17, 15) is 19.3 Å². The van der Waals surface area contributed by atoms with Crippen LogP contribution in [0.3, 0.4) is 0 Å². The number of rotatable bonds is 3. The average molecular weight is 267 g/mol. The van der Waals surface area contributed by atoms with Crippen LogP contribution in [-0.4, -0.2) is 16.9 Å². The zero-order valence-corrected chi connectivity index (χ0v) is 10.1. The van der Waals surface area contributed by atoms with Gasteiger partial charge in [0, 0.05) is 12.0 Å². The summed E-state index contributed by atoms with van der Waals surface area (Å²) in [7, 11) is 0. The standard InChI is InChI=1S/C12H14FN3O3/c13-8-2-4-10(11(6-8)16(18)19)15-12(17)7-1-3-9(14)5-7/h2,4,6-7,9H,1,3,5,14H2,(H,15,17). The monoisotopic (exact) mass is 267 g/mol. The minimum Gasteiger partial charge on any atom is -0.328 e. The molecule has 7 heteroatoms. The van der Waals surface area contributed by atoms with Gasteiger partial charge in [0.15, 0.2) is 0 Å². The number of anilines is 1. The van der Waals surface area contributed by atoms with Crippen LogP contribution in [0.5, 0.6) is 0 Å². The molecule has 0 aliphatic heterocycles. The van der Waals surface area contributed by atoms with E-state index >= 15 is 0 Å². The second-order valence-corrected chi connectivity index (χ2v) is 4.68. The lowest BCUT2D eigenvalue weighted by Crippen LogP contribution is -2.23. The van der Waals surface area contributed by atoms with E-state index in [4.69, 9.17) is 5.73 Å². The summed E-state index contributed by atoms with van der Waals surface area (Å²) >= 11 is 0. The second-order valence-electron chi connectivity index (χ2n) is 4.68. The first-order chi connectivity index (χ1) is 8.97. The van der Waals surface area contributed by atoms with Gasteiger partial charge in [-0.1, -0.05) is 0 Å². The molecule has 0 radical (unpaired) electrons. The number of hydrogen-bond donors (Lipinski definition) is 2. The molecule has 6 nitrogen and oxygen atoms in total. The lowest BCUT2D eigenvalue weighted by Gasteiger charge is -2.10. The van der Waals surface area contributed by atoms with Crippen LogP contribution < -0.4 is 11.1 Å². The quantitative estimate of drug-likeness (QED) is 0.644. The predicted molar refractivity (Wildman–Crippen MR) is 67.0 cm³/mol. The number of nitro groups is 1. The Morgan fingerprint density at radius 3 is 2.79 bits per heavy atom. The van der Waals surface area contributed by atoms with Crippen molar-refractivity contribution in [2.45, 2.75) is 25.3 Å². The predicted octanol–water partition coefficient (Wildman–Crippen LogP) is 1.80. The lowest BCUT2D eigenvalue weighted by atomic mass is 10.1. The van der Waals surface area contributed by atoms with Gasteiger partial charge in [-0.2, -0.15) is 0 Å². The van der Waals surface area contributed by atoms with Gasteiger partial charge in [-0.3, -0.25) is 14.9 Å². The van der Waals surface area contributed by atoms with Crippen molar-refractivity contribution >= 4 is 17.3 Å². The number of amides is 1. The molecule has 1 fully saturated rings. The first kappa shape index (κ1) is 13.4. The number of nitrogens with two attached hydrogens (primary N) is 1. The van der Waals surface area contributed by atoms with E-state index in [-0.39, 0.29) is 23.6 Å².